The molecular formula is C29H45NO4S. The zero-order chi connectivity index (χ0) is 24.8. The number of hydrogen-bond donors (Lipinski definition) is 3. The molecule has 6 heteroatoms. The third-order valence-electron chi connectivity index (χ3n) is 11.2. The van der Waals surface area contributed by atoms with Crippen molar-refractivity contribution in [1.29, 1.82) is 0 Å². The van der Waals surface area contributed by atoms with Gasteiger partial charge in [0.1, 0.15) is 6.61 Å². The SMILES string of the molecule is C[C@H](CCNC(=O)OCc1cccs1)C1CCC2C3C(CC[C@@]21C)[C@@]1(C)CC[C@@H](O)C[C@H]1C[C@H]3O. The minimum Gasteiger partial charge on any atom is -0.444 e. The summed E-state index contributed by atoms with van der Waals surface area (Å²) in [7, 11) is 0. The van der Waals surface area contributed by atoms with Gasteiger partial charge in [0.15, 0.2) is 0 Å². The predicted molar refractivity (Wildman–Crippen MR) is 139 cm³/mol. The Bertz CT molecular complexity index is 876. The van der Waals surface area contributed by atoms with Crippen LogP contribution in [0.3, 0.4) is 0 Å². The molecule has 10 atom stereocenters. The minimum absolute atomic E-state index is 0.177. The molecule has 35 heavy (non-hydrogen) atoms. The minimum atomic E-state index is -0.327. The summed E-state index contributed by atoms with van der Waals surface area (Å²) in [5.41, 5.74) is 0.556. The summed E-state index contributed by atoms with van der Waals surface area (Å²) in [6.45, 7) is 8.34. The van der Waals surface area contributed by atoms with Crippen molar-refractivity contribution >= 4 is 17.4 Å². The van der Waals surface area contributed by atoms with Crippen LogP contribution in [-0.2, 0) is 11.3 Å². The molecule has 4 saturated carbocycles. The van der Waals surface area contributed by atoms with E-state index in [1.54, 1.807) is 11.3 Å². The standard InChI is InChI=1S/C29H45NO4S/c1-18(10-13-30-27(33)34-17-21-5-4-14-35-21)22-6-7-23-26-24(9-12-29(22,23)3)28(2)11-8-20(31)15-19(28)16-25(26)32/h4-5,14,18-20,22-26,31-32H,6-13,15-17H2,1-3H3,(H,30,33)/t18-,19+,20-,22?,23?,24?,25-,26?,28+,29-/m1/s1. The molecule has 1 aromatic rings. The molecule has 5 rings (SSSR count). The van der Waals surface area contributed by atoms with Crippen LogP contribution in [0.25, 0.3) is 0 Å². The van der Waals surface area contributed by atoms with Crippen molar-refractivity contribution in [1.82, 2.24) is 5.32 Å². The Morgan fingerprint density at radius 1 is 1.14 bits per heavy atom. The maximum atomic E-state index is 12.1. The summed E-state index contributed by atoms with van der Waals surface area (Å²) in [4.78, 5) is 13.2. The number of thiophene rings is 1. The fourth-order valence-electron chi connectivity index (χ4n) is 9.36. The Labute approximate surface area is 215 Å². The van der Waals surface area contributed by atoms with Crippen molar-refractivity contribution < 1.29 is 19.7 Å². The van der Waals surface area contributed by atoms with E-state index < -0.39 is 0 Å². The van der Waals surface area contributed by atoms with Crippen LogP contribution in [-0.4, -0.2) is 35.1 Å². The third kappa shape index (κ3) is 4.68. The summed E-state index contributed by atoms with van der Waals surface area (Å²) in [6.07, 6.45) is 8.97. The Balaban J connectivity index is 1.18. The molecule has 0 spiro atoms. The van der Waals surface area contributed by atoms with Crippen LogP contribution in [0.15, 0.2) is 17.5 Å². The van der Waals surface area contributed by atoms with E-state index >= 15 is 0 Å². The second kappa shape index (κ2) is 9.98. The van der Waals surface area contributed by atoms with Gasteiger partial charge in [-0.3, -0.25) is 0 Å². The smallest absolute Gasteiger partial charge is 0.407 e. The number of aliphatic hydroxyl groups is 2. The average Bonchev–Trinajstić information content (AvgIpc) is 3.46. The normalized spacial score (nSPS) is 43.5. The fourth-order valence-corrected chi connectivity index (χ4v) is 9.98. The second-order valence-corrected chi connectivity index (χ2v) is 13.8. The molecule has 0 aromatic carbocycles. The van der Waals surface area contributed by atoms with Crippen LogP contribution < -0.4 is 5.32 Å². The van der Waals surface area contributed by atoms with Crippen molar-refractivity contribution in [2.75, 3.05) is 6.54 Å². The number of aliphatic hydroxyl groups excluding tert-OH is 2. The van der Waals surface area contributed by atoms with Crippen LogP contribution >= 0.6 is 11.3 Å². The summed E-state index contributed by atoms with van der Waals surface area (Å²) in [6, 6.07) is 3.95. The number of hydrogen-bond acceptors (Lipinski definition) is 5. The lowest BCUT2D eigenvalue weighted by atomic mass is 9.43. The number of rotatable bonds is 6. The number of fused-ring (bicyclic) bond motifs is 5. The highest BCUT2D eigenvalue weighted by molar-refractivity contribution is 7.09. The van der Waals surface area contributed by atoms with E-state index in [1.807, 2.05) is 17.5 Å². The van der Waals surface area contributed by atoms with Gasteiger partial charge >= 0.3 is 6.09 Å². The molecule has 0 aliphatic heterocycles. The average molecular weight is 504 g/mol. The molecule has 4 fully saturated rings. The molecule has 1 heterocycles. The molecular weight excluding hydrogens is 458 g/mol. The highest BCUT2D eigenvalue weighted by Gasteiger charge is 2.62. The lowest BCUT2D eigenvalue weighted by molar-refractivity contribution is -0.174. The molecule has 196 valence electrons. The molecule has 1 aromatic heterocycles. The highest BCUT2D eigenvalue weighted by Crippen LogP contribution is 2.68. The number of carbonyl (C=O) groups excluding carboxylic acids is 1. The summed E-state index contributed by atoms with van der Waals surface area (Å²) in [5.74, 6) is 3.24. The maximum absolute atomic E-state index is 12.1. The van der Waals surface area contributed by atoms with Crippen LogP contribution in [0.2, 0.25) is 0 Å². The van der Waals surface area contributed by atoms with E-state index in [0.717, 1.165) is 37.0 Å². The Hall–Kier alpha value is -1.11. The van der Waals surface area contributed by atoms with E-state index in [2.05, 4.69) is 26.1 Å². The van der Waals surface area contributed by atoms with Gasteiger partial charge < -0.3 is 20.3 Å². The van der Waals surface area contributed by atoms with Crippen LogP contribution in [0.5, 0.6) is 0 Å². The molecule has 5 nitrogen and oxygen atoms in total. The number of carbonyl (C=O) groups is 1. The van der Waals surface area contributed by atoms with Gasteiger partial charge in [0.25, 0.3) is 0 Å². The van der Waals surface area contributed by atoms with Crippen LogP contribution in [0.1, 0.15) is 83.4 Å². The second-order valence-electron chi connectivity index (χ2n) is 12.8. The molecule has 0 bridgehead atoms. The van der Waals surface area contributed by atoms with Gasteiger partial charge in [-0.1, -0.05) is 26.8 Å². The topological polar surface area (TPSA) is 78.8 Å². The zero-order valence-corrected chi connectivity index (χ0v) is 22.6. The molecule has 0 radical (unpaired) electrons. The molecule has 0 saturated heterocycles. The lowest BCUT2D eigenvalue weighted by Gasteiger charge is -2.62. The van der Waals surface area contributed by atoms with Gasteiger partial charge in [-0.25, -0.2) is 4.79 Å². The fraction of sp³-hybridized carbons (Fsp3) is 0.828. The van der Waals surface area contributed by atoms with Gasteiger partial charge in [0.2, 0.25) is 0 Å². The summed E-state index contributed by atoms with van der Waals surface area (Å²) < 4.78 is 5.35. The molecule has 4 aliphatic carbocycles. The number of alkyl carbamates (subject to hydrolysis) is 1. The van der Waals surface area contributed by atoms with E-state index in [4.69, 9.17) is 4.74 Å². The predicted octanol–water partition coefficient (Wildman–Crippen LogP) is 5.99. The van der Waals surface area contributed by atoms with E-state index in [-0.39, 0.29) is 29.1 Å². The van der Waals surface area contributed by atoms with Crippen molar-refractivity contribution in [3.63, 3.8) is 0 Å². The van der Waals surface area contributed by atoms with Crippen molar-refractivity contribution in [3.05, 3.63) is 22.4 Å². The van der Waals surface area contributed by atoms with E-state index in [1.165, 1.54) is 25.7 Å². The van der Waals surface area contributed by atoms with Crippen molar-refractivity contribution in [2.45, 2.75) is 97.4 Å². The molecule has 1 amide bonds. The first kappa shape index (κ1) is 25.5. The van der Waals surface area contributed by atoms with Gasteiger partial charge in [-0.2, -0.15) is 0 Å². The van der Waals surface area contributed by atoms with E-state index in [0.29, 0.717) is 48.7 Å². The van der Waals surface area contributed by atoms with Crippen molar-refractivity contribution in [2.24, 2.45) is 46.3 Å². The largest absolute Gasteiger partial charge is 0.444 e. The lowest BCUT2D eigenvalue weighted by Crippen LogP contribution is -2.58. The summed E-state index contributed by atoms with van der Waals surface area (Å²) >= 11 is 1.60. The van der Waals surface area contributed by atoms with Gasteiger partial charge in [0, 0.05) is 11.4 Å². The quantitative estimate of drug-likeness (QED) is 0.445. The Morgan fingerprint density at radius 2 is 1.91 bits per heavy atom. The highest BCUT2D eigenvalue weighted by atomic mass is 32.1. The maximum Gasteiger partial charge on any atom is 0.407 e. The number of ether oxygens (including phenoxy) is 1. The van der Waals surface area contributed by atoms with Crippen LogP contribution in [0, 0.1) is 46.3 Å². The number of amides is 1. The van der Waals surface area contributed by atoms with Crippen LogP contribution in [0.4, 0.5) is 4.79 Å². The Morgan fingerprint density at radius 3 is 2.69 bits per heavy atom. The zero-order valence-electron chi connectivity index (χ0n) is 21.7. The van der Waals surface area contributed by atoms with E-state index in [9.17, 15) is 15.0 Å². The van der Waals surface area contributed by atoms with Crippen molar-refractivity contribution in [3.8, 4) is 0 Å². The molecule has 3 N–H and O–H groups in total. The number of nitrogens with one attached hydrogen (secondary N) is 1. The Kier molecular flexibility index (Phi) is 7.28. The third-order valence-corrected chi connectivity index (χ3v) is 12.1. The first-order chi connectivity index (χ1) is 16.7. The molecule has 4 aliphatic rings. The van der Waals surface area contributed by atoms with Gasteiger partial charge in [-0.05, 0) is 116 Å². The first-order valence-electron chi connectivity index (χ1n) is 14.0. The van der Waals surface area contributed by atoms with Gasteiger partial charge in [-0.15, -0.1) is 11.3 Å². The monoisotopic (exact) mass is 503 g/mol. The molecule has 4 unspecified atom stereocenters. The summed E-state index contributed by atoms with van der Waals surface area (Å²) in [5, 5.41) is 26.7. The first-order valence-corrected chi connectivity index (χ1v) is 14.9. The van der Waals surface area contributed by atoms with Gasteiger partial charge in [0.05, 0.1) is 12.2 Å².